The highest BCUT2D eigenvalue weighted by molar-refractivity contribution is 5.87. The Kier molecular flexibility index (Phi) is 12.0. The van der Waals surface area contributed by atoms with E-state index in [9.17, 15) is 9.90 Å². The highest BCUT2D eigenvalue weighted by Crippen LogP contribution is 2.49. The Labute approximate surface area is 187 Å². The van der Waals surface area contributed by atoms with Crippen molar-refractivity contribution in [1.82, 2.24) is 0 Å². The van der Waals surface area contributed by atoms with Crippen LogP contribution in [0.4, 0.5) is 0 Å². The quantitative estimate of drug-likeness (QED) is 0.109. The molecule has 176 valence electrons. The van der Waals surface area contributed by atoms with E-state index in [1.54, 1.807) is 20.1 Å². The molecule has 0 fully saturated rings. The van der Waals surface area contributed by atoms with Gasteiger partial charge < -0.3 is 24.1 Å². The van der Waals surface area contributed by atoms with Crippen molar-refractivity contribution < 1.29 is 28.8 Å². The standard InChI is InChI=1S/C25H40O6/c1-8-10-11-22(31-17-29-15-14-28-7)20-13-12-18(3)23(25(20,5)6)21(26)16-19(4)24(27)30-9-2/h8,10-11,20-22,26H,1,4,9,12-17H2,2-3,5-7H3/b11-10+/t20-,21?,22+/m0/s1. The van der Waals surface area contributed by atoms with Crippen molar-refractivity contribution >= 4 is 5.97 Å². The van der Waals surface area contributed by atoms with Gasteiger partial charge in [-0.3, -0.25) is 0 Å². The minimum absolute atomic E-state index is 0.110. The van der Waals surface area contributed by atoms with Crippen molar-refractivity contribution in [2.75, 3.05) is 33.7 Å². The fourth-order valence-electron chi connectivity index (χ4n) is 4.38. The summed E-state index contributed by atoms with van der Waals surface area (Å²) in [5, 5.41) is 11.1. The zero-order chi connectivity index (χ0) is 23.4. The Morgan fingerprint density at radius 1 is 1.35 bits per heavy atom. The summed E-state index contributed by atoms with van der Waals surface area (Å²) in [6, 6.07) is 0. The van der Waals surface area contributed by atoms with Gasteiger partial charge in [0.1, 0.15) is 6.79 Å². The number of rotatable bonds is 14. The van der Waals surface area contributed by atoms with Crippen LogP contribution >= 0.6 is 0 Å². The van der Waals surface area contributed by atoms with Crippen LogP contribution in [0, 0.1) is 11.3 Å². The molecule has 0 aliphatic heterocycles. The van der Waals surface area contributed by atoms with Crippen molar-refractivity contribution in [2.45, 2.75) is 59.2 Å². The van der Waals surface area contributed by atoms with E-state index in [1.807, 2.05) is 19.1 Å². The van der Waals surface area contributed by atoms with E-state index in [0.717, 1.165) is 24.0 Å². The maximum Gasteiger partial charge on any atom is 0.333 e. The average molecular weight is 437 g/mol. The number of carbonyl (C=O) groups excluding carboxylic acids is 1. The fourth-order valence-corrected chi connectivity index (χ4v) is 4.38. The lowest BCUT2D eigenvalue weighted by molar-refractivity contribution is -0.138. The molecule has 1 N–H and O–H groups in total. The number of carbonyl (C=O) groups is 1. The molecule has 0 aromatic carbocycles. The van der Waals surface area contributed by atoms with E-state index in [-0.39, 0.29) is 42.8 Å². The van der Waals surface area contributed by atoms with Gasteiger partial charge >= 0.3 is 5.97 Å². The lowest BCUT2D eigenvalue weighted by Crippen LogP contribution is -2.42. The summed E-state index contributed by atoms with van der Waals surface area (Å²) in [4.78, 5) is 12.0. The number of allylic oxidation sites excluding steroid dienone is 3. The molecule has 0 amide bonds. The molecule has 6 heteroatoms. The van der Waals surface area contributed by atoms with Crippen LogP contribution in [0.5, 0.6) is 0 Å². The predicted octanol–water partition coefficient (Wildman–Crippen LogP) is 4.36. The second-order valence-electron chi connectivity index (χ2n) is 8.38. The molecule has 1 rings (SSSR count). The molecule has 1 unspecified atom stereocenters. The summed E-state index contributed by atoms with van der Waals surface area (Å²) < 4.78 is 21.6. The molecule has 0 aromatic heterocycles. The molecule has 0 aromatic rings. The molecule has 0 bridgehead atoms. The molecule has 1 aliphatic rings. The molecule has 0 spiro atoms. The molecule has 1 aliphatic carbocycles. The largest absolute Gasteiger partial charge is 0.463 e. The third-order valence-electron chi connectivity index (χ3n) is 5.86. The lowest BCUT2D eigenvalue weighted by Gasteiger charge is -2.46. The number of aliphatic hydroxyl groups is 1. The second-order valence-corrected chi connectivity index (χ2v) is 8.38. The molecule has 0 saturated carbocycles. The van der Waals surface area contributed by atoms with Gasteiger partial charge in [0, 0.05) is 19.1 Å². The summed E-state index contributed by atoms with van der Waals surface area (Å²) in [5.74, 6) is -0.354. The monoisotopic (exact) mass is 436 g/mol. The van der Waals surface area contributed by atoms with Crippen molar-refractivity contribution in [2.24, 2.45) is 11.3 Å². The first-order chi connectivity index (χ1) is 14.7. The van der Waals surface area contributed by atoms with Gasteiger partial charge in [-0.15, -0.1) is 0 Å². The summed E-state index contributed by atoms with van der Waals surface area (Å²) in [6.45, 7) is 17.0. The van der Waals surface area contributed by atoms with Crippen LogP contribution in [0.2, 0.25) is 0 Å². The average Bonchev–Trinajstić information content (AvgIpc) is 2.70. The number of hydrogen-bond acceptors (Lipinski definition) is 6. The van der Waals surface area contributed by atoms with Gasteiger partial charge in [0.2, 0.25) is 0 Å². The van der Waals surface area contributed by atoms with Gasteiger partial charge in [0.25, 0.3) is 0 Å². The fraction of sp³-hybridized carbons (Fsp3) is 0.640. The Morgan fingerprint density at radius 3 is 2.68 bits per heavy atom. The van der Waals surface area contributed by atoms with Crippen LogP contribution in [0.15, 0.2) is 48.1 Å². The minimum Gasteiger partial charge on any atom is -0.463 e. The number of esters is 1. The normalized spacial score (nSPS) is 20.5. The first-order valence-electron chi connectivity index (χ1n) is 10.9. The zero-order valence-corrected chi connectivity index (χ0v) is 19.8. The maximum absolute atomic E-state index is 12.0. The van der Waals surface area contributed by atoms with Crippen LogP contribution in [0.25, 0.3) is 0 Å². The highest BCUT2D eigenvalue weighted by Gasteiger charge is 2.43. The third kappa shape index (κ3) is 8.04. The summed E-state index contributed by atoms with van der Waals surface area (Å²) in [5.41, 5.74) is 2.00. The topological polar surface area (TPSA) is 74.2 Å². The second kappa shape index (κ2) is 13.6. The van der Waals surface area contributed by atoms with Crippen molar-refractivity contribution in [3.8, 4) is 0 Å². The maximum atomic E-state index is 12.0. The number of hydrogen-bond donors (Lipinski definition) is 1. The molecule has 31 heavy (non-hydrogen) atoms. The first-order valence-corrected chi connectivity index (χ1v) is 10.9. The summed E-state index contributed by atoms with van der Waals surface area (Å²) >= 11 is 0. The Hall–Kier alpha value is -1.73. The highest BCUT2D eigenvalue weighted by atomic mass is 16.7. The molecule has 0 saturated heterocycles. The molecular weight excluding hydrogens is 396 g/mol. The van der Waals surface area contributed by atoms with Crippen molar-refractivity contribution in [1.29, 1.82) is 0 Å². The van der Waals surface area contributed by atoms with Crippen molar-refractivity contribution in [3.05, 3.63) is 48.1 Å². The van der Waals surface area contributed by atoms with E-state index < -0.39 is 12.1 Å². The van der Waals surface area contributed by atoms with E-state index in [2.05, 4.69) is 27.0 Å². The van der Waals surface area contributed by atoms with E-state index in [0.29, 0.717) is 13.2 Å². The van der Waals surface area contributed by atoms with Gasteiger partial charge in [-0.1, -0.05) is 50.8 Å². The van der Waals surface area contributed by atoms with Crippen LogP contribution in [-0.2, 0) is 23.7 Å². The molecule has 0 heterocycles. The molecule has 3 atom stereocenters. The van der Waals surface area contributed by atoms with Crippen LogP contribution in [0.1, 0.15) is 47.0 Å². The number of methoxy groups -OCH3 is 1. The Morgan fingerprint density at radius 2 is 2.06 bits per heavy atom. The third-order valence-corrected chi connectivity index (χ3v) is 5.86. The van der Waals surface area contributed by atoms with Gasteiger partial charge in [0.15, 0.2) is 0 Å². The SMILES string of the molecule is C=C/C=C/[C@@H](OCOCCOC)[C@@H]1CCC(C)=C(C(O)CC(=C)C(=O)OCC)C1(C)C. The van der Waals surface area contributed by atoms with Crippen molar-refractivity contribution in [3.63, 3.8) is 0 Å². The molecule has 0 radical (unpaired) electrons. The van der Waals surface area contributed by atoms with Gasteiger partial charge in [-0.05, 0) is 43.6 Å². The van der Waals surface area contributed by atoms with Crippen LogP contribution < -0.4 is 0 Å². The lowest BCUT2D eigenvalue weighted by atomic mass is 9.61. The van der Waals surface area contributed by atoms with E-state index >= 15 is 0 Å². The Bertz CT molecular complexity index is 661. The number of aliphatic hydroxyl groups excluding tert-OH is 1. The van der Waals surface area contributed by atoms with Gasteiger partial charge in [0.05, 0.1) is 32.0 Å². The number of ether oxygens (including phenoxy) is 4. The van der Waals surface area contributed by atoms with Gasteiger partial charge in [-0.2, -0.15) is 0 Å². The van der Waals surface area contributed by atoms with Crippen LogP contribution in [0.3, 0.4) is 0 Å². The molecular formula is C25H40O6. The minimum atomic E-state index is -0.809. The zero-order valence-electron chi connectivity index (χ0n) is 19.8. The first kappa shape index (κ1) is 27.3. The molecule has 6 nitrogen and oxygen atoms in total. The summed E-state index contributed by atoms with van der Waals surface area (Å²) in [6.07, 6.45) is 6.47. The Balaban J connectivity index is 3.02. The van der Waals surface area contributed by atoms with Crippen LogP contribution in [-0.4, -0.2) is 57.0 Å². The summed E-state index contributed by atoms with van der Waals surface area (Å²) in [7, 11) is 1.63. The smallest absolute Gasteiger partial charge is 0.333 e. The van der Waals surface area contributed by atoms with E-state index in [4.69, 9.17) is 18.9 Å². The predicted molar refractivity (Wildman–Crippen MR) is 123 cm³/mol. The van der Waals surface area contributed by atoms with Gasteiger partial charge in [-0.25, -0.2) is 4.79 Å². The van der Waals surface area contributed by atoms with E-state index in [1.165, 1.54) is 0 Å².